The largest absolute Gasteiger partial charge is 0.497 e. The topological polar surface area (TPSA) is 38.7 Å². The Morgan fingerprint density at radius 2 is 1.64 bits per heavy atom. The number of carbonyl (C=O) groups excluding carboxylic acids is 1. The molecule has 0 saturated heterocycles. The maximum atomic E-state index is 12.9. The predicted molar refractivity (Wildman–Crippen MR) is 116 cm³/mol. The summed E-state index contributed by atoms with van der Waals surface area (Å²) in [6.07, 6.45) is 6.00. The fourth-order valence-corrected chi connectivity index (χ4v) is 3.70. The molecule has 2 atom stereocenters. The van der Waals surface area contributed by atoms with Gasteiger partial charge in [0, 0.05) is 12.1 Å². The van der Waals surface area contributed by atoms with Gasteiger partial charge in [0.25, 0.3) is 0 Å². The van der Waals surface area contributed by atoms with Crippen LogP contribution in [0.3, 0.4) is 0 Å². The second kappa shape index (κ2) is 9.01. The Morgan fingerprint density at radius 1 is 1.00 bits per heavy atom. The summed E-state index contributed by atoms with van der Waals surface area (Å²) in [5, 5.41) is 0. The Bertz CT molecular complexity index is 860. The number of aliphatic imine (C=N–C) groups is 1. The number of carbonyl (C=O) groups is 1. The van der Waals surface area contributed by atoms with Crippen molar-refractivity contribution >= 4 is 23.8 Å². The Hall–Kier alpha value is -2.68. The van der Waals surface area contributed by atoms with E-state index >= 15 is 0 Å². The van der Waals surface area contributed by atoms with E-state index in [1.807, 2.05) is 54.7 Å². The lowest BCUT2D eigenvalue weighted by molar-refractivity contribution is -0.122. The molecule has 0 radical (unpaired) electrons. The van der Waals surface area contributed by atoms with E-state index in [0.29, 0.717) is 17.6 Å². The summed E-state index contributed by atoms with van der Waals surface area (Å²) in [5.41, 5.74) is 3.94. The number of nitrogens with zero attached hydrogens (tertiary/aromatic N) is 1. The molecular weight excluding hydrogens is 346 g/mol. The first-order chi connectivity index (χ1) is 13.5. The van der Waals surface area contributed by atoms with Gasteiger partial charge in [-0.2, -0.15) is 0 Å². The summed E-state index contributed by atoms with van der Waals surface area (Å²) >= 11 is 0. The molecule has 3 nitrogen and oxygen atoms in total. The van der Waals surface area contributed by atoms with Crippen LogP contribution in [0.1, 0.15) is 44.7 Å². The number of benzene rings is 2. The quantitative estimate of drug-likeness (QED) is 0.468. The number of ether oxygens (including phenoxy) is 1. The molecule has 1 saturated carbocycles. The van der Waals surface area contributed by atoms with Gasteiger partial charge in [-0.25, -0.2) is 0 Å². The molecule has 1 aliphatic rings. The van der Waals surface area contributed by atoms with Crippen molar-refractivity contribution in [2.45, 2.75) is 33.6 Å². The average molecular weight is 376 g/mol. The van der Waals surface area contributed by atoms with Crippen molar-refractivity contribution in [1.82, 2.24) is 0 Å². The van der Waals surface area contributed by atoms with Crippen LogP contribution in [0, 0.1) is 17.8 Å². The van der Waals surface area contributed by atoms with Crippen LogP contribution in [0.25, 0.3) is 6.08 Å². The normalized spacial score (nSPS) is 21.6. The second-order valence-electron chi connectivity index (χ2n) is 7.92. The van der Waals surface area contributed by atoms with Gasteiger partial charge in [0.1, 0.15) is 5.75 Å². The fraction of sp³-hybridized carbons (Fsp3) is 0.360. The first-order valence-corrected chi connectivity index (χ1v) is 10.0. The number of hydrogen-bond donors (Lipinski definition) is 0. The lowest BCUT2D eigenvalue weighted by atomic mass is 9.73. The number of allylic oxidation sites excluding steroid dienone is 1. The number of hydrogen-bond acceptors (Lipinski definition) is 3. The molecule has 2 aromatic rings. The Kier molecular flexibility index (Phi) is 6.45. The minimum absolute atomic E-state index is 0.163. The van der Waals surface area contributed by atoms with E-state index in [2.05, 4.69) is 31.8 Å². The third-order valence-corrected chi connectivity index (χ3v) is 5.56. The molecule has 0 spiro atoms. The zero-order valence-electron chi connectivity index (χ0n) is 17.2. The number of ketones is 1. The smallest absolute Gasteiger partial charge is 0.162 e. The van der Waals surface area contributed by atoms with Gasteiger partial charge >= 0.3 is 0 Å². The summed E-state index contributed by atoms with van der Waals surface area (Å²) in [4.78, 5) is 17.4. The standard InChI is InChI=1S/C25H29NO2/c1-17(2)23-14-5-18(3)24(25(23)27)15-19-6-10-21(11-7-19)26-16-20-8-12-22(28-4)13-9-20/h6-13,15-18,23H,5,14H2,1-4H3. The zero-order valence-corrected chi connectivity index (χ0v) is 17.2. The molecule has 3 heteroatoms. The van der Waals surface area contributed by atoms with Crippen molar-refractivity contribution in [2.24, 2.45) is 22.7 Å². The van der Waals surface area contributed by atoms with Crippen LogP contribution in [0.4, 0.5) is 5.69 Å². The molecule has 0 heterocycles. The van der Waals surface area contributed by atoms with E-state index in [1.54, 1.807) is 7.11 Å². The van der Waals surface area contributed by atoms with Crippen LogP contribution in [0.2, 0.25) is 0 Å². The summed E-state index contributed by atoms with van der Waals surface area (Å²) in [6, 6.07) is 15.8. The molecule has 28 heavy (non-hydrogen) atoms. The highest BCUT2D eigenvalue weighted by molar-refractivity contribution is 6.02. The van der Waals surface area contributed by atoms with Crippen LogP contribution in [0.5, 0.6) is 5.75 Å². The molecular formula is C25H29NO2. The molecule has 146 valence electrons. The maximum Gasteiger partial charge on any atom is 0.162 e. The Morgan fingerprint density at radius 3 is 2.25 bits per heavy atom. The van der Waals surface area contributed by atoms with Gasteiger partial charge in [-0.1, -0.05) is 32.9 Å². The average Bonchev–Trinajstić information content (AvgIpc) is 2.70. The highest BCUT2D eigenvalue weighted by Gasteiger charge is 2.32. The van der Waals surface area contributed by atoms with Crippen LogP contribution in [0.15, 0.2) is 59.1 Å². The van der Waals surface area contributed by atoms with E-state index in [-0.39, 0.29) is 5.92 Å². The number of rotatable bonds is 5. The van der Waals surface area contributed by atoms with Crippen molar-refractivity contribution < 1.29 is 9.53 Å². The van der Waals surface area contributed by atoms with Crippen LogP contribution in [-0.4, -0.2) is 19.1 Å². The molecule has 0 N–H and O–H groups in total. The molecule has 3 rings (SSSR count). The Labute approximate surface area is 168 Å². The van der Waals surface area contributed by atoms with Gasteiger partial charge in [0.05, 0.1) is 12.8 Å². The van der Waals surface area contributed by atoms with E-state index in [4.69, 9.17) is 4.74 Å². The Balaban J connectivity index is 1.73. The van der Waals surface area contributed by atoms with E-state index in [1.165, 1.54) is 0 Å². The lowest BCUT2D eigenvalue weighted by Gasteiger charge is -2.30. The number of methoxy groups -OCH3 is 1. The van der Waals surface area contributed by atoms with E-state index in [9.17, 15) is 4.79 Å². The first kappa shape index (κ1) is 20.1. The lowest BCUT2D eigenvalue weighted by Crippen LogP contribution is -2.30. The monoisotopic (exact) mass is 375 g/mol. The van der Waals surface area contributed by atoms with E-state index in [0.717, 1.165) is 41.0 Å². The van der Waals surface area contributed by atoms with Crippen molar-refractivity contribution in [3.8, 4) is 5.75 Å². The van der Waals surface area contributed by atoms with Crippen molar-refractivity contribution in [1.29, 1.82) is 0 Å². The third kappa shape index (κ3) is 4.78. The second-order valence-corrected chi connectivity index (χ2v) is 7.92. The predicted octanol–water partition coefficient (Wildman–Crippen LogP) is 6.10. The number of Topliss-reactive ketones (excluding diaryl/α,β-unsaturated/α-hetero) is 1. The van der Waals surface area contributed by atoms with Crippen molar-refractivity contribution in [2.75, 3.05) is 7.11 Å². The van der Waals surface area contributed by atoms with Gasteiger partial charge in [-0.15, -0.1) is 0 Å². The van der Waals surface area contributed by atoms with Crippen LogP contribution < -0.4 is 4.74 Å². The maximum absolute atomic E-state index is 12.9. The minimum atomic E-state index is 0.163. The molecule has 2 unspecified atom stereocenters. The third-order valence-electron chi connectivity index (χ3n) is 5.56. The summed E-state index contributed by atoms with van der Waals surface area (Å²) in [5.74, 6) is 2.06. The summed E-state index contributed by atoms with van der Waals surface area (Å²) < 4.78 is 5.17. The van der Waals surface area contributed by atoms with Gasteiger partial charge in [-0.3, -0.25) is 9.79 Å². The van der Waals surface area contributed by atoms with Crippen molar-refractivity contribution in [3.05, 3.63) is 65.2 Å². The molecule has 2 aromatic carbocycles. The molecule has 1 fully saturated rings. The molecule has 1 aliphatic carbocycles. The highest BCUT2D eigenvalue weighted by Crippen LogP contribution is 2.35. The van der Waals surface area contributed by atoms with Crippen molar-refractivity contribution in [3.63, 3.8) is 0 Å². The first-order valence-electron chi connectivity index (χ1n) is 10.0. The molecule has 0 bridgehead atoms. The van der Waals surface area contributed by atoms with E-state index < -0.39 is 0 Å². The summed E-state index contributed by atoms with van der Waals surface area (Å²) in [7, 11) is 1.66. The van der Waals surface area contributed by atoms with Crippen LogP contribution in [-0.2, 0) is 4.79 Å². The SMILES string of the molecule is COc1ccc(C=Nc2ccc(C=C3C(=O)C(C(C)C)CCC3C)cc2)cc1. The van der Waals surface area contributed by atoms with Gasteiger partial charge < -0.3 is 4.74 Å². The van der Waals surface area contributed by atoms with Crippen LogP contribution >= 0.6 is 0 Å². The fourth-order valence-electron chi connectivity index (χ4n) is 3.70. The van der Waals surface area contributed by atoms with Gasteiger partial charge in [0.2, 0.25) is 0 Å². The molecule has 0 aliphatic heterocycles. The minimum Gasteiger partial charge on any atom is -0.497 e. The zero-order chi connectivity index (χ0) is 20.1. The molecule has 0 amide bonds. The molecule has 0 aromatic heterocycles. The summed E-state index contributed by atoms with van der Waals surface area (Å²) in [6.45, 7) is 6.45. The highest BCUT2D eigenvalue weighted by atomic mass is 16.5. The van der Waals surface area contributed by atoms with Gasteiger partial charge in [-0.05, 0) is 83.9 Å². The van der Waals surface area contributed by atoms with Gasteiger partial charge in [0.15, 0.2) is 5.78 Å².